The third kappa shape index (κ3) is 2.41. The van der Waals surface area contributed by atoms with Gasteiger partial charge in [0.15, 0.2) is 5.69 Å². The summed E-state index contributed by atoms with van der Waals surface area (Å²) in [6.07, 6.45) is 3.29. The molecule has 0 bridgehead atoms. The zero-order chi connectivity index (χ0) is 15.5. The summed E-state index contributed by atoms with van der Waals surface area (Å²) in [5.74, 6) is 0. The number of rotatable bonds is 3. The second-order valence-corrected chi connectivity index (χ2v) is 4.45. The lowest BCUT2D eigenvalue weighted by molar-refractivity contribution is -0.384. The summed E-state index contributed by atoms with van der Waals surface area (Å²) in [4.78, 5) is 14.2. The summed E-state index contributed by atoms with van der Waals surface area (Å²) >= 11 is 0. The van der Waals surface area contributed by atoms with E-state index in [4.69, 9.17) is 5.26 Å². The summed E-state index contributed by atoms with van der Waals surface area (Å²) in [5.41, 5.74) is 2.47. The van der Waals surface area contributed by atoms with Crippen molar-refractivity contribution >= 4 is 5.69 Å². The molecule has 3 aromatic rings. The predicted octanol–water partition coefficient (Wildman–Crippen LogP) is 2.71. The number of nitrogens with zero attached hydrogens (tertiary/aromatic N) is 5. The average Bonchev–Trinajstić information content (AvgIpc) is 3.00. The van der Waals surface area contributed by atoms with Crippen molar-refractivity contribution in [2.75, 3.05) is 0 Å². The van der Waals surface area contributed by atoms with E-state index in [9.17, 15) is 10.1 Å². The first kappa shape index (κ1) is 13.5. The molecule has 0 saturated carbocycles. The Morgan fingerprint density at radius 2 is 1.82 bits per heavy atom. The van der Waals surface area contributed by atoms with E-state index < -0.39 is 4.92 Å². The van der Waals surface area contributed by atoms with Crippen molar-refractivity contribution in [1.82, 2.24) is 14.8 Å². The van der Waals surface area contributed by atoms with Crippen molar-refractivity contribution in [2.24, 2.45) is 0 Å². The van der Waals surface area contributed by atoms with Gasteiger partial charge >= 0.3 is 0 Å². The molecule has 1 aromatic carbocycles. The van der Waals surface area contributed by atoms with Crippen LogP contribution in [0, 0.1) is 21.4 Å². The van der Waals surface area contributed by atoms with Crippen LogP contribution in [0.5, 0.6) is 0 Å². The van der Waals surface area contributed by atoms with Crippen LogP contribution in [0.15, 0.2) is 54.9 Å². The number of hydrogen-bond donors (Lipinski definition) is 0. The average molecular weight is 291 g/mol. The van der Waals surface area contributed by atoms with Gasteiger partial charge in [-0.05, 0) is 24.3 Å². The predicted molar refractivity (Wildman–Crippen MR) is 78.2 cm³/mol. The van der Waals surface area contributed by atoms with Gasteiger partial charge in [-0.25, -0.2) is 4.68 Å². The minimum atomic E-state index is -0.461. The van der Waals surface area contributed by atoms with Crippen LogP contribution >= 0.6 is 0 Å². The molecule has 22 heavy (non-hydrogen) atoms. The lowest BCUT2D eigenvalue weighted by Crippen LogP contribution is -1.99. The molecule has 2 heterocycles. The van der Waals surface area contributed by atoms with Crippen LogP contribution in [0.1, 0.15) is 5.69 Å². The number of pyridine rings is 1. The lowest BCUT2D eigenvalue weighted by atomic mass is 10.2. The van der Waals surface area contributed by atoms with Crippen LogP contribution in [0.2, 0.25) is 0 Å². The van der Waals surface area contributed by atoms with Crippen molar-refractivity contribution in [1.29, 1.82) is 5.26 Å². The molecule has 0 aliphatic heterocycles. The van der Waals surface area contributed by atoms with E-state index in [-0.39, 0.29) is 11.4 Å². The zero-order valence-corrected chi connectivity index (χ0v) is 11.2. The topological polar surface area (TPSA) is 97.6 Å². The van der Waals surface area contributed by atoms with Crippen molar-refractivity contribution in [2.45, 2.75) is 0 Å². The third-order valence-electron chi connectivity index (χ3n) is 3.11. The normalized spacial score (nSPS) is 10.1. The summed E-state index contributed by atoms with van der Waals surface area (Å²) < 4.78 is 1.58. The number of nitriles is 1. The first-order valence-electron chi connectivity index (χ1n) is 6.34. The number of nitro benzene ring substituents is 1. The molecule has 7 heteroatoms. The van der Waals surface area contributed by atoms with Gasteiger partial charge in [-0.1, -0.05) is 0 Å². The van der Waals surface area contributed by atoms with E-state index in [0.717, 1.165) is 5.56 Å². The fourth-order valence-electron chi connectivity index (χ4n) is 2.08. The maximum absolute atomic E-state index is 10.7. The molecular weight excluding hydrogens is 282 g/mol. The molecule has 2 aromatic heterocycles. The Morgan fingerprint density at radius 3 is 2.41 bits per heavy atom. The third-order valence-corrected chi connectivity index (χ3v) is 3.11. The van der Waals surface area contributed by atoms with Gasteiger partial charge < -0.3 is 0 Å². The van der Waals surface area contributed by atoms with Crippen LogP contribution in [-0.4, -0.2) is 19.7 Å². The van der Waals surface area contributed by atoms with Gasteiger partial charge in [0.1, 0.15) is 6.07 Å². The van der Waals surface area contributed by atoms with Gasteiger partial charge in [0, 0.05) is 36.2 Å². The van der Waals surface area contributed by atoms with Crippen molar-refractivity contribution in [3.63, 3.8) is 0 Å². The smallest absolute Gasteiger partial charge is 0.265 e. The number of non-ortho nitro benzene ring substituents is 1. The van der Waals surface area contributed by atoms with Gasteiger partial charge in [-0.3, -0.25) is 15.1 Å². The molecule has 0 fully saturated rings. The number of hydrogen-bond acceptors (Lipinski definition) is 5. The molecule has 106 valence electrons. The van der Waals surface area contributed by atoms with E-state index in [1.807, 2.05) is 6.07 Å². The van der Waals surface area contributed by atoms with Gasteiger partial charge in [0.25, 0.3) is 5.69 Å². The molecule has 0 N–H and O–H groups in total. The van der Waals surface area contributed by atoms with Crippen molar-refractivity contribution in [3.05, 3.63) is 70.7 Å². The van der Waals surface area contributed by atoms with E-state index in [2.05, 4.69) is 10.1 Å². The zero-order valence-electron chi connectivity index (χ0n) is 11.2. The number of aromatic nitrogens is 3. The highest BCUT2D eigenvalue weighted by molar-refractivity contribution is 5.63. The van der Waals surface area contributed by atoms with E-state index in [1.165, 1.54) is 12.1 Å². The molecule has 0 unspecified atom stereocenters. The maximum atomic E-state index is 10.7. The van der Waals surface area contributed by atoms with Gasteiger partial charge in [-0.15, -0.1) is 0 Å². The highest BCUT2D eigenvalue weighted by Gasteiger charge is 2.13. The van der Waals surface area contributed by atoms with E-state index >= 15 is 0 Å². The number of benzene rings is 1. The number of nitro groups is 1. The Bertz CT molecular complexity index is 863. The second kappa shape index (κ2) is 5.46. The Labute approximate surface area is 125 Å². The lowest BCUT2D eigenvalue weighted by Gasteiger charge is -2.07. The highest BCUT2D eigenvalue weighted by atomic mass is 16.6. The van der Waals surface area contributed by atoms with E-state index in [1.54, 1.807) is 47.4 Å². The molecule has 0 aliphatic carbocycles. The fourth-order valence-corrected chi connectivity index (χ4v) is 2.08. The van der Waals surface area contributed by atoms with Crippen LogP contribution in [0.3, 0.4) is 0 Å². The molecule has 0 radical (unpaired) electrons. The summed E-state index contributed by atoms with van der Waals surface area (Å²) in [7, 11) is 0. The van der Waals surface area contributed by atoms with E-state index in [0.29, 0.717) is 11.4 Å². The molecule has 0 amide bonds. The first-order valence-corrected chi connectivity index (χ1v) is 6.34. The monoisotopic (exact) mass is 291 g/mol. The highest BCUT2D eigenvalue weighted by Crippen LogP contribution is 2.24. The molecule has 0 spiro atoms. The minimum absolute atomic E-state index is 0.00174. The Morgan fingerprint density at radius 1 is 1.14 bits per heavy atom. The quantitative estimate of drug-likeness (QED) is 0.546. The summed E-state index contributed by atoms with van der Waals surface area (Å²) in [6.45, 7) is 0. The van der Waals surface area contributed by atoms with Gasteiger partial charge in [0.2, 0.25) is 0 Å². The van der Waals surface area contributed by atoms with Gasteiger partial charge in [-0.2, -0.15) is 10.4 Å². The SMILES string of the molecule is N#Cc1cc(-c2ccncc2)n(-c2ccc([N+](=O)[O-])cc2)n1. The largest absolute Gasteiger partial charge is 0.269 e. The van der Waals surface area contributed by atoms with Crippen LogP contribution in [0.4, 0.5) is 5.69 Å². The fraction of sp³-hybridized carbons (Fsp3) is 0. The van der Waals surface area contributed by atoms with Crippen molar-refractivity contribution < 1.29 is 4.92 Å². The Kier molecular flexibility index (Phi) is 3.34. The molecule has 7 nitrogen and oxygen atoms in total. The summed E-state index contributed by atoms with van der Waals surface area (Å²) in [5, 5.41) is 24.0. The van der Waals surface area contributed by atoms with Gasteiger partial charge in [0.05, 0.1) is 16.3 Å². The Balaban J connectivity index is 2.12. The Hall–Kier alpha value is -3.53. The molecule has 0 aliphatic rings. The minimum Gasteiger partial charge on any atom is -0.265 e. The maximum Gasteiger partial charge on any atom is 0.269 e. The second-order valence-electron chi connectivity index (χ2n) is 4.45. The standard InChI is InChI=1S/C15H9N5O2/c16-10-12-9-15(11-5-7-17-8-6-11)19(18-12)13-1-3-14(4-2-13)20(21)22/h1-9H. The summed E-state index contributed by atoms with van der Waals surface area (Å²) in [6, 6.07) is 13.3. The van der Waals surface area contributed by atoms with Crippen molar-refractivity contribution in [3.8, 4) is 23.0 Å². The van der Waals surface area contributed by atoms with Crippen LogP contribution in [0.25, 0.3) is 16.9 Å². The molecule has 3 rings (SSSR count). The van der Waals surface area contributed by atoms with Crippen LogP contribution in [-0.2, 0) is 0 Å². The molecule has 0 atom stereocenters. The van der Waals surface area contributed by atoms with Crippen LogP contribution < -0.4 is 0 Å². The molecule has 0 saturated heterocycles. The molecular formula is C15H9N5O2. The first-order chi connectivity index (χ1) is 10.7.